The Kier molecular flexibility index (Phi) is 4.04. The molecule has 0 bridgehead atoms. The smallest absolute Gasteiger partial charge is 0.346 e. The van der Waals surface area contributed by atoms with Crippen LogP contribution in [0.2, 0.25) is 0 Å². The minimum absolute atomic E-state index is 0. The second-order valence-corrected chi connectivity index (χ2v) is 2.50. The number of aromatic nitrogens is 2. The molecule has 0 saturated heterocycles. The minimum Gasteiger partial charge on any atom is -1.00 e. The van der Waals surface area contributed by atoms with Crippen molar-refractivity contribution < 1.29 is 29.0 Å². The van der Waals surface area contributed by atoms with E-state index in [2.05, 4.69) is 9.97 Å². The first-order valence-electron chi connectivity index (χ1n) is 2.78. The third kappa shape index (κ3) is 2.74. The normalized spacial score (nSPS) is 8.60. The van der Waals surface area contributed by atoms with Gasteiger partial charge in [0.25, 0.3) is 0 Å². The summed E-state index contributed by atoms with van der Waals surface area (Å²) in [6.07, 6.45) is 0. The Morgan fingerprint density at radius 1 is 1.50 bits per heavy atom. The van der Waals surface area contributed by atoms with E-state index in [1.165, 1.54) is 0 Å². The van der Waals surface area contributed by atoms with Gasteiger partial charge in [-0.1, -0.05) is 0 Å². The summed E-state index contributed by atoms with van der Waals surface area (Å²) in [5.74, 6) is 0. The number of halogens is 1. The van der Waals surface area contributed by atoms with Gasteiger partial charge >= 0.3 is 4.77 Å². The number of nitrogens with one attached hydrogen (secondary N) is 2. The monoisotopic (exact) mass is 268 g/mol. The van der Waals surface area contributed by atoms with Crippen LogP contribution in [0.4, 0.5) is 0 Å². The highest BCUT2D eigenvalue weighted by Gasteiger charge is 1.92. The third-order valence-electron chi connectivity index (χ3n) is 1.05. The van der Waals surface area contributed by atoms with Gasteiger partial charge in [-0.05, 0) is 13.8 Å². The first-order valence-corrected chi connectivity index (χ1v) is 3.19. The molecule has 0 aliphatic heterocycles. The van der Waals surface area contributed by atoms with Crippen molar-refractivity contribution in [2.24, 2.45) is 0 Å². The van der Waals surface area contributed by atoms with Crippen LogP contribution in [-0.2, 0) is 0 Å². The molecular formula is C6H9IN2S. The van der Waals surface area contributed by atoms with Crippen molar-refractivity contribution in [1.82, 2.24) is 4.98 Å². The Bertz CT molecular complexity index is 245. The average molecular weight is 268 g/mol. The van der Waals surface area contributed by atoms with Crippen molar-refractivity contribution in [2.75, 3.05) is 0 Å². The number of rotatable bonds is 0. The highest BCUT2D eigenvalue weighted by Crippen LogP contribution is 1.89. The van der Waals surface area contributed by atoms with Gasteiger partial charge in [0.05, 0.1) is 0 Å². The summed E-state index contributed by atoms with van der Waals surface area (Å²) in [4.78, 5) is 5.94. The first kappa shape index (κ1) is 10.0. The zero-order valence-corrected chi connectivity index (χ0v) is 8.84. The lowest BCUT2D eigenvalue weighted by Gasteiger charge is -1.86. The van der Waals surface area contributed by atoms with E-state index in [1.54, 1.807) is 0 Å². The average Bonchev–Trinajstić information content (AvgIpc) is 1.59. The van der Waals surface area contributed by atoms with Crippen molar-refractivity contribution in [3.8, 4) is 0 Å². The number of hydrogen-bond acceptors (Lipinski definition) is 1. The fourth-order valence-corrected chi connectivity index (χ4v) is 1.11. The summed E-state index contributed by atoms with van der Waals surface area (Å²) < 4.78 is 0.688. The molecule has 0 atom stereocenters. The molecule has 10 heavy (non-hydrogen) atoms. The number of aryl methyl sites for hydroxylation is 2. The van der Waals surface area contributed by atoms with Crippen LogP contribution in [0.5, 0.6) is 0 Å². The molecule has 0 unspecified atom stereocenters. The van der Waals surface area contributed by atoms with Gasteiger partial charge < -0.3 is 24.0 Å². The molecule has 0 saturated carbocycles. The highest BCUT2D eigenvalue weighted by atomic mass is 127. The van der Waals surface area contributed by atoms with Crippen LogP contribution in [0.3, 0.4) is 0 Å². The van der Waals surface area contributed by atoms with Crippen molar-refractivity contribution in [3.63, 3.8) is 0 Å². The molecule has 1 heterocycles. The highest BCUT2D eigenvalue weighted by molar-refractivity contribution is 7.71. The maximum absolute atomic E-state index is 4.88. The first-order chi connectivity index (χ1) is 4.18. The van der Waals surface area contributed by atoms with Crippen LogP contribution in [0.15, 0.2) is 6.07 Å². The molecule has 0 aromatic carbocycles. The fraction of sp³-hybridized carbons (Fsp3) is 0.333. The van der Waals surface area contributed by atoms with Crippen molar-refractivity contribution in [1.29, 1.82) is 0 Å². The molecule has 0 aliphatic rings. The molecule has 56 valence electrons. The molecule has 0 radical (unpaired) electrons. The molecule has 0 aliphatic carbocycles. The Morgan fingerprint density at radius 3 is 2.50 bits per heavy atom. The van der Waals surface area contributed by atoms with Gasteiger partial charge in [0.2, 0.25) is 0 Å². The summed E-state index contributed by atoms with van der Waals surface area (Å²) in [5.41, 5.74) is 2.19. The van der Waals surface area contributed by atoms with Gasteiger partial charge in [-0.2, -0.15) is 0 Å². The predicted molar refractivity (Wildman–Crippen MR) is 37.7 cm³/mol. The zero-order valence-electron chi connectivity index (χ0n) is 5.86. The Hall–Kier alpha value is 0.0300. The second-order valence-electron chi connectivity index (χ2n) is 2.09. The van der Waals surface area contributed by atoms with Gasteiger partial charge in [-0.3, -0.25) is 0 Å². The van der Waals surface area contributed by atoms with Crippen LogP contribution in [0.25, 0.3) is 0 Å². The van der Waals surface area contributed by atoms with E-state index in [9.17, 15) is 0 Å². The van der Waals surface area contributed by atoms with Gasteiger partial charge in [-0.15, -0.1) is 0 Å². The molecule has 4 heteroatoms. The van der Waals surface area contributed by atoms with Crippen LogP contribution < -0.4 is 29.0 Å². The summed E-state index contributed by atoms with van der Waals surface area (Å²) in [6, 6.07) is 2.01. The lowest BCUT2D eigenvalue weighted by molar-refractivity contribution is -0.401. The van der Waals surface area contributed by atoms with E-state index in [-0.39, 0.29) is 24.0 Å². The van der Waals surface area contributed by atoms with Crippen LogP contribution in [0.1, 0.15) is 11.4 Å². The maximum Gasteiger partial charge on any atom is 0.346 e. The Morgan fingerprint density at radius 2 is 2.10 bits per heavy atom. The van der Waals surface area contributed by atoms with E-state index in [0.29, 0.717) is 4.77 Å². The lowest BCUT2D eigenvalue weighted by Crippen LogP contribution is -3.00. The molecule has 0 amide bonds. The summed E-state index contributed by atoms with van der Waals surface area (Å²) >= 11 is 4.88. The summed E-state index contributed by atoms with van der Waals surface area (Å²) in [5, 5.41) is 0. The SMILES string of the molecule is Cc1cc(C)[nH+]c(=S)[nH]1.[I-]. The third-order valence-corrected chi connectivity index (χ3v) is 1.26. The standard InChI is InChI=1S/C6H8N2S.HI/c1-4-3-5(2)8-6(9)7-4;/h3H,1-2H3,(H,7,8,9);1H. The Balaban J connectivity index is 0.000000810. The quantitative estimate of drug-likeness (QED) is 0.436. The van der Waals surface area contributed by atoms with E-state index in [1.807, 2.05) is 19.9 Å². The van der Waals surface area contributed by atoms with E-state index in [0.717, 1.165) is 11.4 Å². The second kappa shape index (κ2) is 4.02. The summed E-state index contributed by atoms with van der Waals surface area (Å²) in [7, 11) is 0. The minimum atomic E-state index is 0. The van der Waals surface area contributed by atoms with Gasteiger partial charge in [0, 0.05) is 18.3 Å². The van der Waals surface area contributed by atoms with E-state index in [4.69, 9.17) is 12.2 Å². The number of hydrogen-bond donors (Lipinski definition) is 1. The maximum atomic E-state index is 4.88. The van der Waals surface area contributed by atoms with Crippen LogP contribution >= 0.6 is 12.2 Å². The van der Waals surface area contributed by atoms with E-state index < -0.39 is 0 Å². The van der Waals surface area contributed by atoms with E-state index >= 15 is 0 Å². The number of H-pyrrole nitrogens is 2. The summed E-state index contributed by atoms with van der Waals surface area (Å²) in [6.45, 7) is 3.97. The topological polar surface area (TPSA) is 29.9 Å². The lowest BCUT2D eigenvalue weighted by atomic mass is 10.4. The molecule has 1 aromatic rings. The van der Waals surface area contributed by atoms with Crippen molar-refractivity contribution in [2.45, 2.75) is 13.8 Å². The van der Waals surface area contributed by atoms with Crippen molar-refractivity contribution >= 4 is 12.2 Å². The largest absolute Gasteiger partial charge is 1.00 e. The molecule has 1 rings (SSSR count). The molecule has 2 N–H and O–H groups in total. The molecule has 1 aromatic heterocycles. The molecule has 0 spiro atoms. The predicted octanol–water partition coefficient (Wildman–Crippen LogP) is -1.82. The molecule has 2 nitrogen and oxygen atoms in total. The van der Waals surface area contributed by atoms with Crippen molar-refractivity contribution in [3.05, 3.63) is 22.2 Å². The van der Waals surface area contributed by atoms with Gasteiger partial charge in [-0.25, -0.2) is 9.97 Å². The zero-order chi connectivity index (χ0) is 6.85. The van der Waals surface area contributed by atoms with Crippen LogP contribution in [-0.4, -0.2) is 4.98 Å². The number of aromatic amines is 2. The van der Waals surface area contributed by atoms with Crippen LogP contribution in [0, 0.1) is 18.6 Å². The Labute approximate surface area is 82.1 Å². The fourth-order valence-electron chi connectivity index (χ4n) is 0.786. The molecule has 0 fully saturated rings. The van der Waals surface area contributed by atoms with Gasteiger partial charge in [0.1, 0.15) is 11.4 Å². The van der Waals surface area contributed by atoms with Gasteiger partial charge in [0.15, 0.2) is 0 Å². The molecular weight excluding hydrogens is 259 g/mol.